The highest BCUT2D eigenvalue weighted by Crippen LogP contribution is 2.23. The van der Waals surface area contributed by atoms with Crippen LogP contribution < -0.4 is 10.2 Å². The first kappa shape index (κ1) is 18.3. The molecule has 1 aliphatic carbocycles. The zero-order valence-electron chi connectivity index (χ0n) is 15.6. The first-order valence-electron chi connectivity index (χ1n) is 10.4. The molecule has 0 radical (unpaired) electrons. The maximum Gasteiger partial charge on any atom is 0.223 e. The normalized spacial score (nSPS) is 19.4. The van der Waals surface area contributed by atoms with Gasteiger partial charge in [-0.1, -0.05) is 44.2 Å². The van der Waals surface area contributed by atoms with Crippen LogP contribution in [0.3, 0.4) is 0 Å². The number of anilines is 1. The standard InChI is InChI=1S/C22H34N2O/c25-22(20-10-4-3-5-11-20)23-16-8-9-19-12-14-21(15-13-19)24-17-6-1-2-7-18-24/h12-15,20H,1-11,16-18H2,(H,23,25). The highest BCUT2D eigenvalue weighted by atomic mass is 16.1. The van der Waals surface area contributed by atoms with Gasteiger partial charge in [-0.05, 0) is 56.2 Å². The highest BCUT2D eigenvalue weighted by Gasteiger charge is 2.20. The van der Waals surface area contributed by atoms with Crippen molar-refractivity contribution in [2.75, 3.05) is 24.5 Å². The van der Waals surface area contributed by atoms with Crippen LogP contribution in [0.1, 0.15) is 69.8 Å². The van der Waals surface area contributed by atoms with E-state index in [1.54, 1.807) is 0 Å². The van der Waals surface area contributed by atoms with E-state index in [2.05, 4.69) is 34.5 Å². The molecule has 0 bridgehead atoms. The van der Waals surface area contributed by atoms with Crippen molar-refractivity contribution in [2.45, 2.75) is 70.6 Å². The lowest BCUT2D eigenvalue weighted by Gasteiger charge is -2.22. The number of carbonyl (C=O) groups excluding carboxylic acids is 1. The summed E-state index contributed by atoms with van der Waals surface area (Å²) in [5.74, 6) is 0.567. The number of rotatable bonds is 6. The first-order chi connectivity index (χ1) is 12.3. The predicted molar refractivity (Wildman–Crippen MR) is 105 cm³/mol. The molecule has 138 valence electrons. The van der Waals surface area contributed by atoms with Gasteiger partial charge in [0, 0.05) is 31.2 Å². The van der Waals surface area contributed by atoms with Gasteiger partial charge in [0.05, 0.1) is 0 Å². The Kier molecular flexibility index (Phi) is 7.20. The third-order valence-electron chi connectivity index (χ3n) is 5.82. The fourth-order valence-electron chi connectivity index (χ4n) is 4.22. The monoisotopic (exact) mass is 342 g/mol. The Balaban J connectivity index is 1.37. The van der Waals surface area contributed by atoms with Gasteiger partial charge in [-0.15, -0.1) is 0 Å². The molecule has 0 unspecified atom stereocenters. The Morgan fingerprint density at radius 2 is 1.56 bits per heavy atom. The number of amides is 1. The number of nitrogens with one attached hydrogen (secondary N) is 1. The van der Waals surface area contributed by atoms with Gasteiger partial charge in [0.2, 0.25) is 5.91 Å². The summed E-state index contributed by atoms with van der Waals surface area (Å²) in [6.45, 7) is 3.21. The van der Waals surface area contributed by atoms with Gasteiger partial charge in [0.15, 0.2) is 0 Å². The van der Waals surface area contributed by atoms with Crippen LogP contribution in [0, 0.1) is 5.92 Å². The predicted octanol–water partition coefficient (Wildman–Crippen LogP) is 4.70. The van der Waals surface area contributed by atoms with Gasteiger partial charge in [0.1, 0.15) is 0 Å². The lowest BCUT2D eigenvalue weighted by atomic mass is 9.88. The Labute approximate surface area is 153 Å². The molecule has 1 saturated carbocycles. The second-order valence-electron chi connectivity index (χ2n) is 7.80. The second kappa shape index (κ2) is 9.84. The Bertz CT molecular complexity index is 511. The molecule has 0 spiro atoms. The molecule has 1 aliphatic heterocycles. The largest absolute Gasteiger partial charge is 0.372 e. The van der Waals surface area contributed by atoms with Gasteiger partial charge in [-0.2, -0.15) is 0 Å². The molecular weight excluding hydrogens is 308 g/mol. The lowest BCUT2D eigenvalue weighted by molar-refractivity contribution is -0.125. The van der Waals surface area contributed by atoms with Gasteiger partial charge in [-0.25, -0.2) is 0 Å². The summed E-state index contributed by atoms with van der Waals surface area (Å²) in [5, 5.41) is 3.15. The lowest BCUT2D eigenvalue weighted by Crippen LogP contribution is -2.32. The van der Waals surface area contributed by atoms with E-state index in [0.717, 1.165) is 32.2 Å². The summed E-state index contributed by atoms with van der Waals surface area (Å²) in [7, 11) is 0. The molecule has 3 heteroatoms. The smallest absolute Gasteiger partial charge is 0.223 e. The van der Waals surface area contributed by atoms with Gasteiger partial charge >= 0.3 is 0 Å². The minimum atomic E-state index is 0.279. The highest BCUT2D eigenvalue weighted by molar-refractivity contribution is 5.78. The first-order valence-corrected chi connectivity index (χ1v) is 10.4. The zero-order valence-corrected chi connectivity index (χ0v) is 15.6. The summed E-state index contributed by atoms with van der Waals surface area (Å²) in [4.78, 5) is 14.7. The van der Waals surface area contributed by atoms with Crippen molar-refractivity contribution < 1.29 is 4.79 Å². The molecule has 3 rings (SSSR count). The van der Waals surface area contributed by atoms with Crippen LogP contribution in [0.15, 0.2) is 24.3 Å². The van der Waals surface area contributed by atoms with Crippen molar-refractivity contribution >= 4 is 11.6 Å². The van der Waals surface area contributed by atoms with Crippen molar-refractivity contribution in [2.24, 2.45) is 5.92 Å². The Morgan fingerprint density at radius 3 is 2.24 bits per heavy atom. The summed E-state index contributed by atoms with van der Waals surface area (Å²) < 4.78 is 0. The Hall–Kier alpha value is -1.51. The van der Waals surface area contributed by atoms with Crippen LogP contribution in [-0.4, -0.2) is 25.5 Å². The fraction of sp³-hybridized carbons (Fsp3) is 0.682. The van der Waals surface area contributed by atoms with E-state index in [1.807, 2.05) is 0 Å². The molecule has 3 nitrogen and oxygen atoms in total. The van der Waals surface area contributed by atoms with Crippen molar-refractivity contribution in [1.82, 2.24) is 5.32 Å². The summed E-state index contributed by atoms with van der Waals surface area (Å²) in [6.07, 6.45) is 13.4. The molecule has 25 heavy (non-hydrogen) atoms. The van der Waals surface area contributed by atoms with E-state index in [9.17, 15) is 4.79 Å². The third kappa shape index (κ3) is 5.76. The van der Waals surface area contributed by atoms with Crippen molar-refractivity contribution in [3.8, 4) is 0 Å². The molecule has 2 fully saturated rings. The number of carbonyl (C=O) groups is 1. The molecule has 1 aromatic carbocycles. The van der Waals surface area contributed by atoms with Crippen LogP contribution in [0.2, 0.25) is 0 Å². The molecule has 1 N–H and O–H groups in total. The zero-order chi connectivity index (χ0) is 17.3. The maximum absolute atomic E-state index is 12.1. The van der Waals surface area contributed by atoms with Crippen LogP contribution >= 0.6 is 0 Å². The number of aryl methyl sites for hydroxylation is 1. The van der Waals surface area contributed by atoms with Crippen LogP contribution in [0.5, 0.6) is 0 Å². The third-order valence-corrected chi connectivity index (χ3v) is 5.82. The summed E-state index contributed by atoms with van der Waals surface area (Å²) in [5.41, 5.74) is 2.75. The van der Waals surface area contributed by atoms with E-state index in [1.165, 1.54) is 69.3 Å². The van der Waals surface area contributed by atoms with Crippen molar-refractivity contribution in [3.05, 3.63) is 29.8 Å². The SMILES string of the molecule is O=C(NCCCc1ccc(N2CCCCCC2)cc1)C1CCCCC1. The average molecular weight is 343 g/mol. The average Bonchev–Trinajstić information content (AvgIpc) is 2.96. The maximum atomic E-state index is 12.1. The summed E-state index contributed by atoms with van der Waals surface area (Å²) >= 11 is 0. The minimum Gasteiger partial charge on any atom is -0.372 e. The van der Waals surface area contributed by atoms with Gasteiger partial charge < -0.3 is 10.2 Å². The van der Waals surface area contributed by atoms with E-state index in [0.29, 0.717) is 0 Å². The second-order valence-corrected chi connectivity index (χ2v) is 7.80. The van der Waals surface area contributed by atoms with Crippen LogP contribution in [-0.2, 0) is 11.2 Å². The topological polar surface area (TPSA) is 32.3 Å². The molecule has 0 aromatic heterocycles. The minimum absolute atomic E-state index is 0.279. The molecule has 1 saturated heterocycles. The van der Waals surface area contributed by atoms with E-state index in [4.69, 9.17) is 0 Å². The van der Waals surface area contributed by atoms with Crippen molar-refractivity contribution in [1.29, 1.82) is 0 Å². The molecule has 2 aliphatic rings. The molecule has 1 aromatic rings. The molecule has 1 amide bonds. The Morgan fingerprint density at radius 1 is 0.920 bits per heavy atom. The van der Waals surface area contributed by atoms with Crippen LogP contribution in [0.4, 0.5) is 5.69 Å². The molecule has 1 heterocycles. The number of hydrogen-bond acceptors (Lipinski definition) is 2. The van der Waals surface area contributed by atoms with Gasteiger partial charge in [0.25, 0.3) is 0 Å². The van der Waals surface area contributed by atoms with E-state index in [-0.39, 0.29) is 11.8 Å². The quantitative estimate of drug-likeness (QED) is 0.760. The van der Waals surface area contributed by atoms with E-state index >= 15 is 0 Å². The molecule has 0 atom stereocenters. The van der Waals surface area contributed by atoms with E-state index < -0.39 is 0 Å². The summed E-state index contributed by atoms with van der Waals surface area (Å²) in [6, 6.07) is 9.09. The number of nitrogens with zero attached hydrogens (tertiary/aromatic N) is 1. The number of benzene rings is 1. The number of hydrogen-bond donors (Lipinski definition) is 1. The fourth-order valence-corrected chi connectivity index (χ4v) is 4.22. The van der Waals surface area contributed by atoms with Crippen molar-refractivity contribution in [3.63, 3.8) is 0 Å². The van der Waals surface area contributed by atoms with Crippen LogP contribution in [0.25, 0.3) is 0 Å². The van der Waals surface area contributed by atoms with Gasteiger partial charge in [-0.3, -0.25) is 4.79 Å². The molecular formula is C22H34N2O.